The smallest absolute Gasteiger partial charge is 0.118 e. The van der Waals surface area contributed by atoms with Crippen LogP contribution in [-0.2, 0) is 6.42 Å². The second-order valence-electron chi connectivity index (χ2n) is 5.24. The standard InChI is InChI=1S/C15H24O2/c1-5-15(2,3)14(16)11-8-12-6-9-13(17-4)10-7-12/h6-7,9-10,14,16H,5,8,11H2,1-4H3. The Balaban J connectivity index is 2.50. The maximum Gasteiger partial charge on any atom is 0.118 e. The molecule has 1 N–H and O–H groups in total. The highest BCUT2D eigenvalue weighted by atomic mass is 16.5. The van der Waals surface area contributed by atoms with Crippen LogP contribution in [0.3, 0.4) is 0 Å². The predicted octanol–water partition coefficient (Wildman–Crippen LogP) is 3.42. The maximum atomic E-state index is 10.1. The zero-order valence-electron chi connectivity index (χ0n) is 11.4. The van der Waals surface area contributed by atoms with Gasteiger partial charge in [0.15, 0.2) is 0 Å². The van der Waals surface area contributed by atoms with Crippen LogP contribution >= 0.6 is 0 Å². The second kappa shape index (κ2) is 6.06. The van der Waals surface area contributed by atoms with Gasteiger partial charge in [0.1, 0.15) is 5.75 Å². The molecule has 0 saturated carbocycles. The molecule has 1 aromatic carbocycles. The SMILES string of the molecule is CCC(C)(C)C(O)CCc1ccc(OC)cc1. The van der Waals surface area contributed by atoms with Crippen LogP contribution in [0.15, 0.2) is 24.3 Å². The fraction of sp³-hybridized carbons (Fsp3) is 0.600. The summed E-state index contributed by atoms with van der Waals surface area (Å²) in [5.41, 5.74) is 1.25. The topological polar surface area (TPSA) is 29.5 Å². The lowest BCUT2D eigenvalue weighted by atomic mass is 9.81. The van der Waals surface area contributed by atoms with Crippen molar-refractivity contribution in [2.45, 2.75) is 46.1 Å². The number of aliphatic hydroxyl groups is 1. The average molecular weight is 236 g/mol. The van der Waals surface area contributed by atoms with Crippen molar-refractivity contribution in [1.29, 1.82) is 0 Å². The summed E-state index contributed by atoms with van der Waals surface area (Å²) >= 11 is 0. The molecule has 1 rings (SSSR count). The zero-order valence-corrected chi connectivity index (χ0v) is 11.4. The van der Waals surface area contributed by atoms with Crippen LogP contribution in [-0.4, -0.2) is 18.3 Å². The molecule has 0 saturated heterocycles. The first-order chi connectivity index (χ1) is 7.99. The molecule has 0 spiro atoms. The van der Waals surface area contributed by atoms with Gasteiger partial charge in [-0.2, -0.15) is 0 Å². The number of benzene rings is 1. The van der Waals surface area contributed by atoms with Gasteiger partial charge in [0.25, 0.3) is 0 Å². The molecular formula is C15H24O2. The van der Waals surface area contributed by atoms with E-state index in [4.69, 9.17) is 4.74 Å². The summed E-state index contributed by atoms with van der Waals surface area (Å²) in [6.07, 6.45) is 2.48. The van der Waals surface area contributed by atoms with Crippen LogP contribution in [0.5, 0.6) is 5.75 Å². The highest BCUT2D eigenvalue weighted by Crippen LogP contribution is 2.27. The summed E-state index contributed by atoms with van der Waals surface area (Å²) in [6.45, 7) is 6.36. The molecule has 1 aromatic rings. The number of aryl methyl sites for hydroxylation is 1. The Morgan fingerprint density at radius 1 is 1.24 bits per heavy atom. The first kappa shape index (κ1) is 14.0. The van der Waals surface area contributed by atoms with Crippen molar-refractivity contribution in [2.75, 3.05) is 7.11 Å². The Kier molecular flexibility index (Phi) is 5.01. The minimum Gasteiger partial charge on any atom is -0.497 e. The molecule has 0 aromatic heterocycles. The Morgan fingerprint density at radius 2 is 1.82 bits per heavy atom. The molecule has 0 aliphatic carbocycles. The molecule has 96 valence electrons. The van der Waals surface area contributed by atoms with Crippen molar-refractivity contribution < 1.29 is 9.84 Å². The summed E-state index contributed by atoms with van der Waals surface area (Å²) in [5.74, 6) is 0.878. The molecule has 0 heterocycles. The molecule has 2 nitrogen and oxygen atoms in total. The van der Waals surface area contributed by atoms with E-state index in [1.165, 1.54) is 5.56 Å². The van der Waals surface area contributed by atoms with E-state index in [0.717, 1.165) is 25.0 Å². The molecule has 1 unspecified atom stereocenters. The van der Waals surface area contributed by atoms with Gasteiger partial charge in [-0.1, -0.05) is 32.9 Å². The third kappa shape index (κ3) is 4.04. The van der Waals surface area contributed by atoms with Crippen LogP contribution in [0.4, 0.5) is 0 Å². The van der Waals surface area contributed by atoms with E-state index in [1.54, 1.807) is 7.11 Å². The molecule has 0 radical (unpaired) electrons. The summed E-state index contributed by atoms with van der Waals surface area (Å²) in [4.78, 5) is 0. The zero-order chi connectivity index (χ0) is 12.9. The van der Waals surface area contributed by atoms with Crippen molar-refractivity contribution in [2.24, 2.45) is 5.41 Å². The monoisotopic (exact) mass is 236 g/mol. The van der Waals surface area contributed by atoms with E-state index in [-0.39, 0.29) is 11.5 Å². The van der Waals surface area contributed by atoms with Gasteiger partial charge in [-0.05, 0) is 42.4 Å². The predicted molar refractivity (Wildman–Crippen MR) is 71.4 cm³/mol. The van der Waals surface area contributed by atoms with Gasteiger partial charge >= 0.3 is 0 Å². The van der Waals surface area contributed by atoms with Crippen molar-refractivity contribution >= 4 is 0 Å². The quantitative estimate of drug-likeness (QED) is 0.820. The van der Waals surface area contributed by atoms with Gasteiger partial charge in [-0.3, -0.25) is 0 Å². The fourth-order valence-electron chi connectivity index (χ4n) is 1.72. The van der Waals surface area contributed by atoms with Crippen molar-refractivity contribution in [3.8, 4) is 5.75 Å². The van der Waals surface area contributed by atoms with E-state index >= 15 is 0 Å². The number of hydrogen-bond acceptors (Lipinski definition) is 2. The molecule has 0 fully saturated rings. The first-order valence-electron chi connectivity index (χ1n) is 6.30. The third-order valence-electron chi connectivity index (χ3n) is 3.68. The van der Waals surface area contributed by atoms with E-state index in [0.29, 0.717) is 0 Å². The summed E-state index contributed by atoms with van der Waals surface area (Å²) in [6, 6.07) is 8.05. The summed E-state index contributed by atoms with van der Waals surface area (Å²) < 4.78 is 5.12. The van der Waals surface area contributed by atoms with E-state index < -0.39 is 0 Å². The molecular weight excluding hydrogens is 212 g/mol. The summed E-state index contributed by atoms with van der Waals surface area (Å²) in [7, 11) is 1.67. The van der Waals surface area contributed by atoms with Gasteiger partial charge in [-0.15, -0.1) is 0 Å². The molecule has 17 heavy (non-hydrogen) atoms. The minimum atomic E-state index is -0.241. The number of ether oxygens (including phenoxy) is 1. The molecule has 0 amide bonds. The molecule has 0 bridgehead atoms. The number of rotatable bonds is 6. The van der Waals surface area contributed by atoms with Crippen LogP contribution in [0.2, 0.25) is 0 Å². The Bertz CT molecular complexity index is 327. The fourth-order valence-corrected chi connectivity index (χ4v) is 1.72. The lowest BCUT2D eigenvalue weighted by Crippen LogP contribution is -2.28. The van der Waals surface area contributed by atoms with Gasteiger partial charge < -0.3 is 9.84 Å². The van der Waals surface area contributed by atoms with Crippen molar-refractivity contribution in [1.82, 2.24) is 0 Å². The van der Waals surface area contributed by atoms with Gasteiger partial charge in [0.05, 0.1) is 13.2 Å². The lowest BCUT2D eigenvalue weighted by molar-refractivity contribution is 0.0408. The van der Waals surface area contributed by atoms with Crippen LogP contribution < -0.4 is 4.74 Å². The lowest BCUT2D eigenvalue weighted by Gasteiger charge is -2.29. The van der Waals surface area contributed by atoms with E-state index in [2.05, 4.69) is 32.9 Å². The van der Waals surface area contributed by atoms with Gasteiger partial charge in [-0.25, -0.2) is 0 Å². The highest BCUT2D eigenvalue weighted by molar-refractivity contribution is 5.27. The second-order valence-corrected chi connectivity index (χ2v) is 5.24. The van der Waals surface area contributed by atoms with Gasteiger partial charge in [0.2, 0.25) is 0 Å². The molecule has 0 aliphatic rings. The largest absolute Gasteiger partial charge is 0.497 e. The Labute approximate surface area is 105 Å². The van der Waals surface area contributed by atoms with Crippen molar-refractivity contribution in [3.63, 3.8) is 0 Å². The molecule has 2 heteroatoms. The first-order valence-corrected chi connectivity index (χ1v) is 6.30. The van der Waals surface area contributed by atoms with Crippen LogP contribution in [0, 0.1) is 5.41 Å². The number of aliphatic hydroxyl groups excluding tert-OH is 1. The minimum absolute atomic E-state index is 0.00642. The van der Waals surface area contributed by atoms with E-state index in [1.807, 2.05) is 12.1 Å². The van der Waals surface area contributed by atoms with Crippen molar-refractivity contribution in [3.05, 3.63) is 29.8 Å². The maximum absolute atomic E-state index is 10.1. The number of methoxy groups -OCH3 is 1. The third-order valence-corrected chi connectivity index (χ3v) is 3.68. The van der Waals surface area contributed by atoms with E-state index in [9.17, 15) is 5.11 Å². The molecule has 0 aliphatic heterocycles. The average Bonchev–Trinajstić information content (AvgIpc) is 2.36. The Hall–Kier alpha value is -1.02. The van der Waals surface area contributed by atoms with Gasteiger partial charge in [0, 0.05) is 0 Å². The molecule has 1 atom stereocenters. The Morgan fingerprint density at radius 3 is 2.29 bits per heavy atom. The van der Waals surface area contributed by atoms with Crippen LogP contribution in [0.1, 0.15) is 39.2 Å². The summed E-state index contributed by atoms with van der Waals surface area (Å²) in [5, 5.41) is 10.1. The van der Waals surface area contributed by atoms with Crippen LogP contribution in [0.25, 0.3) is 0 Å². The highest BCUT2D eigenvalue weighted by Gasteiger charge is 2.25. The number of hydrogen-bond donors (Lipinski definition) is 1. The normalized spacial score (nSPS) is 13.5.